The molecule has 8 heteroatoms. The smallest absolute Gasteiger partial charge is 0.338 e. The van der Waals surface area contributed by atoms with Crippen LogP contribution in [0, 0.1) is 13.8 Å². The van der Waals surface area contributed by atoms with Gasteiger partial charge in [0.1, 0.15) is 11.3 Å². The molecule has 4 aromatic rings. The number of esters is 1. The second-order valence-corrected chi connectivity index (χ2v) is 7.98. The lowest BCUT2D eigenvalue weighted by Crippen LogP contribution is -2.09. The van der Waals surface area contributed by atoms with Crippen molar-refractivity contribution in [1.82, 2.24) is 24.5 Å². The number of hydrogen-bond acceptors (Lipinski definition) is 6. The van der Waals surface area contributed by atoms with E-state index in [1.165, 1.54) is 0 Å². The minimum atomic E-state index is -0.430. The molecule has 164 valence electrons. The van der Waals surface area contributed by atoms with E-state index in [0.717, 1.165) is 40.2 Å². The number of carbonyl (C=O) groups excluding carboxylic acids is 1. The number of aromatic nitrogens is 5. The number of hydrogen-bond donors (Lipinski definition) is 0. The van der Waals surface area contributed by atoms with Crippen LogP contribution in [0.5, 0.6) is 0 Å². The standard InChI is InChI=1S/C24H24ClN5O2/c1-5-20-29-21-14(3)9-15(4)28-23(21)30(20)13-16-11-26-22(27-12-16)19-10-17(25)7-8-18(19)24(31)32-6-2/h7-12H,5-6,13H2,1-4H3. The molecule has 3 heterocycles. The van der Waals surface area contributed by atoms with Crippen molar-refractivity contribution in [3.63, 3.8) is 0 Å². The summed E-state index contributed by atoms with van der Waals surface area (Å²) in [5.41, 5.74) is 5.68. The Morgan fingerprint density at radius 2 is 1.84 bits per heavy atom. The average molecular weight is 450 g/mol. The van der Waals surface area contributed by atoms with Crippen LogP contribution in [0.2, 0.25) is 5.02 Å². The van der Waals surface area contributed by atoms with Gasteiger partial charge < -0.3 is 9.30 Å². The molecule has 0 aliphatic carbocycles. The van der Waals surface area contributed by atoms with Crippen molar-refractivity contribution in [3.05, 3.63) is 69.9 Å². The van der Waals surface area contributed by atoms with Crippen molar-refractivity contribution in [3.8, 4) is 11.4 Å². The summed E-state index contributed by atoms with van der Waals surface area (Å²) in [7, 11) is 0. The van der Waals surface area contributed by atoms with Gasteiger partial charge in [0, 0.05) is 40.7 Å². The van der Waals surface area contributed by atoms with Crippen LogP contribution in [0.4, 0.5) is 0 Å². The second-order valence-electron chi connectivity index (χ2n) is 7.55. The molecule has 0 saturated heterocycles. The molecule has 0 N–H and O–H groups in total. The molecule has 0 atom stereocenters. The molecule has 1 aromatic carbocycles. The van der Waals surface area contributed by atoms with Gasteiger partial charge in [0.2, 0.25) is 0 Å². The molecule has 4 rings (SSSR count). The highest BCUT2D eigenvalue weighted by Gasteiger charge is 2.17. The molecule has 32 heavy (non-hydrogen) atoms. The van der Waals surface area contributed by atoms with Gasteiger partial charge in [-0.05, 0) is 50.6 Å². The topological polar surface area (TPSA) is 82.8 Å². The Morgan fingerprint density at radius 1 is 1.09 bits per heavy atom. The average Bonchev–Trinajstić information content (AvgIpc) is 3.12. The largest absolute Gasteiger partial charge is 0.462 e. The van der Waals surface area contributed by atoms with Crippen molar-refractivity contribution in [2.75, 3.05) is 6.61 Å². The van der Waals surface area contributed by atoms with Crippen LogP contribution >= 0.6 is 11.6 Å². The van der Waals surface area contributed by atoms with E-state index >= 15 is 0 Å². The Bertz CT molecular complexity index is 1300. The summed E-state index contributed by atoms with van der Waals surface area (Å²) in [5.74, 6) is 0.946. The molecule has 3 aromatic heterocycles. The number of fused-ring (bicyclic) bond motifs is 1. The summed E-state index contributed by atoms with van der Waals surface area (Å²) in [4.78, 5) is 30.9. The first-order chi connectivity index (χ1) is 15.4. The maximum atomic E-state index is 12.3. The van der Waals surface area contributed by atoms with E-state index in [1.807, 2.05) is 13.0 Å². The van der Waals surface area contributed by atoms with Gasteiger partial charge in [0.15, 0.2) is 11.5 Å². The van der Waals surface area contributed by atoms with E-state index in [0.29, 0.717) is 28.5 Å². The van der Waals surface area contributed by atoms with Crippen LogP contribution in [0.1, 0.15) is 46.9 Å². The molecule has 0 amide bonds. The van der Waals surface area contributed by atoms with Crippen LogP contribution in [0.3, 0.4) is 0 Å². The number of rotatable bonds is 6. The van der Waals surface area contributed by atoms with Crippen molar-refractivity contribution >= 4 is 28.7 Å². The van der Waals surface area contributed by atoms with Crippen molar-refractivity contribution in [2.45, 2.75) is 40.7 Å². The minimum absolute atomic E-state index is 0.284. The maximum absolute atomic E-state index is 12.3. The summed E-state index contributed by atoms with van der Waals surface area (Å²) < 4.78 is 7.26. The first-order valence-electron chi connectivity index (χ1n) is 10.5. The summed E-state index contributed by atoms with van der Waals surface area (Å²) in [6.45, 7) is 8.72. The van der Waals surface area contributed by atoms with E-state index in [9.17, 15) is 4.79 Å². The highest BCUT2D eigenvalue weighted by Crippen LogP contribution is 2.26. The van der Waals surface area contributed by atoms with Crippen LogP contribution in [-0.2, 0) is 17.7 Å². The molecular formula is C24H24ClN5O2. The fourth-order valence-electron chi connectivity index (χ4n) is 3.73. The fraction of sp³-hybridized carbons (Fsp3) is 0.292. The molecule has 0 bridgehead atoms. The molecule has 0 radical (unpaired) electrons. The Kier molecular flexibility index (Phi) is 6.19. The number of imidazole rings is 1. The first-order valence-corrected chi connectivity index (χ1v) is 10.9. The quantitative estimate of drug-likeness (QED) is 0.387. The number of benzene rings is 1. The van der Waals surface area contributed by atoms with E-state index in [4.69, 9.17) is 26.3 Å². The van der Waals surface area contributed by atoms with Gasteiger partial charge in [-0.1, -0.05) is 18.5 Å². The molecule has 0 saturated carbocycles. The minimum Gasteiger partial charge on any atom is -0.462 e. The van der Waals surface area contributed by atoms with Crippen LogP contribution in [0.25, 0.3) is 22.6 Å². The van der Waals surface area contributed by atoms with Crippen LogP contribution in [0.15, 0.2) is 36.7 Å². The van der Waals surface area contributed by atoms with Gasteiger partial charge in [0.05, 0.1) is 18.7 Å². The third-order valence-electron chi connectivity index (χ3n) is 5.18. The van der Waals surface area contributed by atoms with Crippen LogP contribution in [-0.4, -0.2) is 37.1 Å². The number of aryl methyl sites for hydroxylation is 3. The van der Waals surface area contributed by atoms with Crippen LogP contribution < -0.4 is 0 Å². The number of carbonyl (C=O) groups is 1. The Balaban J connectivity index is 1.70. The second kappa shape index (κ2) is 9.04. The molecule has 0 spiro atoms. The van der Waals surface area contributed by atoms with Crippen molar-refractivity contribution < 1.29 is 9.53 Å². The molecular weight excluding hydrogens is 426 g/mol. The molecule has 0 aliphatic rings. The fourth-order valence-corrected chi connectivity index (χ4v) is 3.90. The highest BCUT2D eigenvalue weighted by molar-refractivity contribution is 6.31. The molecule has 0 aliphatic heterocycles. The Morgan fingerprint density at radius 3 is 2.53 bits per heavy atom. The lowest BCUT2D eigenvalue weighted by molar-refractivity contribution is 0.0527. The number of pyridine rings is 1. The van der Waals surface area contributed by atoms with E-state index in [1.54, 1.807) is 37.5 Å². The zero-order valence-electron chi connectivity index (χ0n) is 18.5. The molecule has 0 unspecified atom stereocenters. The van der Waals surface area contributed by atoms with Gasteiger partial charge in [0.25, 0.3) is 0 Å². The summed E-state index contributed by atoms with van der Waals surface area (Å²) in [6, 6.07) is 7.01. The first kappa shape index (κ1) is 21.9. The molecule has 0 fully saturated rings. The van der Waals surface area contributed by atoms with E-state index in [-0.39, 0.29) is 6.61 Å². The zero-order valence-corrected chi connectivity index (χ0v) is 19.3. The zero-order chi connectivity index (χ0) is 22.8. The number of nitrogens with zero attached hydrogens (tertiary/aromatic N) is 5. The Hall–Kier alpha value is -3.32. The van der Waals surface area contributed by atoms with E-state index < -0.39 is 5.97 Å². The third kappa shape index (κ3) is 4.21. The number of halogens is 1. The maximum Gasteiger partial charge on any atom is 0.338 e. The normalized spacial score (nSPS) is 11.2. The monoisotopic (exact) mass is 449 g/mol. The summed E-state index contributed by atoms with van der Waals surface area (Å²) in [6.07, 6.45) is 4.30. The van der Waals surface area contributed by atoms with Gasteiger partial charge in [-0.2, -0.15) is 0 Å². The summed E-state index contributed by atoms with van der Waals surface area (Å²) in [5, 5.41) is 0.495. The SMILES string of the molecule is CCOC(=O)c1ccc(Cl)cc1-c1ncc(Cn2c(CC)nc3c(C)cc(C)nc32)cn1. The molecule has 7 nitrogen and oxygen atoms in total. The number of ether oxygens (including phenoxy) is 1. The van der Waals surface area contributed by atoms with Gasteiger partial charge in [-0.15, -0.1) is 0 Å². The highest BCUT2D eigenvalue weighted by atomic mass is 35.5. The van der Waals surface area contributed by atoms with Gasteiger partial charge in [-0.3, -0.25) is 0 Å². The third-order valence-corrected chi connectivity index (χ3v) is 5.42. The Labute approximate surface area is 191 Å². The predicted molar refractivity (Wildman–Crippen MR) is 124 cm³/mol. The lowest BCUT2D eigenvalue weighted by Gasteiger charge is -2.10. The predicted octanol–water partition coefficient (Wildman–Crippen LogP) is 4.95. The van der Waals surface area contributed by atoms with Gasteiger partial charge >= 0.3 is 5.97 Å². The lowest BCUT2D eigenvalue weighted by atomic mass is 10.1. The van der Waals surface area contributed by atoms with Gasteiger partial charge in [-0.25, -0.2) is 24.7 Å². The van der Waals surface area contributed by atoms with E-state index in [2.05, 4.69) is 28.4 Å². The van der Waals surface area contributed by atoms with Crippen molar-refractivity contribution in [1.29, 1.82) is 0 Å². The summed E-state index contributed by atoms with van der Waals surface area (Å²) >= 11 is 6.16. The van der Waals surface area contributed by atoms with Crippen molar-refractivity contribution in [2.24, 2.45) is 0 Å².